The lowest BCUT2D eigenvalue weighted by Gasteiger charge is -2.34. The lowest BCUT2D eigenvalue weighted by Crippen LogP contribution is -2.44. The fourth-order valence-electron chi connectivity index (χ4n) is 3.82. The molecule has 146 valence electrons. The predicted octanol–water partition coefficient (Wildman–Crippen LogP) is 3.48. The molecule has 0 unspecified atom stereocenters. The minimum atomic E-state index is 0.0176. The molecule has 0 amide bonds. The summed E-state index contributed by atoms with van der Waals surface area (Å²) in [6.45, 7) is 6.40. The van der Waals surface area contributed by atoms with Crippen LogP contribution < -0.4 is 10.5 Å². The van der Waals surface area contributed by atoms with Gasteiger partial charge in [-0.15, -0.1) is 0 Å². The number of unbranched alkanes of at least 4 members (excludes halogenated alkanes) is 1. The van der Waals surface area contributed by atoms with Crippen LogP contribution in [0.4, 0.5) is 5.69 Å². The summed E-state index contributed by atoms with van der Waals surface area (Å²) in [5.41, 5.74) is 2.91. The smallest absolute Gasteiger partial charge is 0.265 e. The third-order valence-corrected chi connectivity index (χ3v) is 5.58. The van der Waals surface area contributed by atoms with Crippen molar-refractivity contribution < 1.29 is 0 Å². The first-order valence-electron chi connectivity index (χ1n) is 10.2. The van der Waals surface area contributed by atoms with Gasteiger partial charge in [0.1, 0.15) is 5.82 Å². The van der Waals surface area contributed by atoms with Crippen molar-refractivity contribution in [2.45, 2.75) is 26.2 Å². The average molecular weight is 377 g/mol. The van der Waals surface area contributed by atoms with Gasteiger partial charge < -0.3 is 9.80 Å². The van der Waals surface area contributed by atoms with Crippen LogP contribution in [0.15, 0.2) is 53.3 Å². The zero-order valence-corrected chi connectivity index (χ0v) is 16.8. The van der Waals surface area contributed by atoms with Crippen LogP contribution in [0, 0.1) is 0 Å². The van der Waals surface area contributed by atoms with Gasteiger partial charge in [0.05, 0.1) is 16.6 Å². The van der Waals surface area contributed by atoms with Gasteiger partial charge in [-0.1, -0.05) is 25.5 Å². The molecule has 0 N–H and O–H groups in total. The SMILES string of the molecule is CCCCc1nc2ccccc2c(=O)n1-c1ccc(N2CCN(C)CC2)cc1. The minimum Gasteiger partial charge on any atom is -0.369 e. The molecule has 1 aliphatic rings. The Hall–Kier alpha value is -2.66. The van der Waals surface area contributed by atoms with Crippen molar-refractivity contribution in [2.75, 3.05) is 38.1 Å². The second-order valence-electron chi connectivity index (χ2n) is 7.60. The van der Waals surface area contributed by atoms with E-state index in [0.717, 1.165) is 62.5 Å². The van der Waals surface area contributed by atoms with Crippen molar-refractivity contribution in [1.82, 2.24) is 14.5 Å². The fourth-order valence-corrected chi connectivity index (χ4v) is 3.82. The number of fused-ring (bicyclic) bond motifs is 1. The Morgan fingerprint density at radius 1 is 0.929 bits per heavy atom. The molecule has 0 aliphatic carbocycles. The van der Waals surface area contributed by atoms with Crippen molar-refractivity contribution in [1.29, 1.82) is 0 Å². The summed E-state index contributed by atoms with van der Waals surface area (Å²) in [7, 11) is 2.16. The van der Waals surface area contributed by atoms with Gasteiger partial charge >= 0.3 is 0 Å². The first-order chi connectivity index (χ1) is 13.7. The number of aryl methyl sites for hydroxylation is 1. The highest BCUT2D eigenvalue weighted by Gasteiger charge is 2.16. The molecule has 0 spiro atoms. The molecular weight excluding hydrogens is 348 g/mol. The molecule has 3 aromatic rings. The highest BCUT2D eigenvalue weighted by molar-refractivity contribution is 5.77. The Morgan fingerprint density at radius 2 is 1.61 bits per heavy atom. The molecular formula is C23H28N4O. The van der Waals surface area contributed by atoms with E-state index in [1.165, 1.54) is 5.69 Å². The molecule has 0 saturated carbocycles. The summed E-state index contributed by atoms with van der Waals surface area (Å²) in [5, 5.41) is 0.672. The summed E-state index contributed by atoms with van der Waals surface area (Å²) < 4.78 is 1.80. The number of hydrogen-bond donors (Lipinski definition) is 0. The average Bonchev–Trinajstić information content (AvgIpc) is 2.73. The van der Waals surface area contributed by atoms with Gasteiger partial charge in [0.15, 0.2) is 0 Å². The molecule has 1 aromatic heterocycles. The van der Waals surface area contributed by atoms with Gasteiger partial charge in [-0.2, -0.15) is 0 Å². The van der Waals surface area contributed by atoms with Crippen LogP contribution in [0.5, 0.6) is 0 Å². The van der Waals surface area contributed by atoms with Crippen molar-refractivity contribution in [3.05, 3.63) is 64.7 Å². The Balaban J connectivity index is 1.73. The van der Waals surface area contributed by atoms with Crippen LogP contribution in [0.3, 0.4) is 0 Å². The Kier molecular flexibility index (Phi) is 5.44. The van der Waals surface area contributed by atoms with Gasteiger partial charge in [-0.3, -0.25) is 9.36 Å². The zero-order valence-electron chi connectivity index (χ0n) is 16.8. The Labute approximate surface area is 166 Å². The normalized spacial score (nSPS) is 15.3. The maximum atomic E-state index is 13.2. The summed E-state index contributed by atoms with van der Waals surface area (Å²) in [6, 6.07) is 16.0. The first kappa shape index (κ1) is 18.7. The van der Waals surface area contributed by atoms with E-state index in [1.807, 2.05) is 24.3 Å². The van der Waals surface area contributed by atoms with Crippen LogP contribution in [0.2, 0.25) is 0 Å². The maximum absolute atomic E-state index is 13.2. The van der Waals surface area contributed by atoms with Crippen molar-refractivity contribution in [3.63, 3.8) is 0 Å². The molecule has 0 bridgehead atoms. The van der Waals surface area contributed by atoms with Gasteiger partial charge in [-0.25, -0.2) is 4.98 Å². The summed E-state index contributed by atoms with van der Waals surface area (Å²) in [4.78, 5) is 22.8. The summed E-state index contributed by atoms with van der Waals surface area (Å²) in [5.74, 6) is 0.845. The molecule has 5 heteroatoms. The number of benzene rings is 2. The molecule has 1 aliphatic heterocycles. The number of hydrogen-bond acceptors (Lipinski definition) is 4. The molecule has 4 rings (SSSR count). The summed E-state index contributed by atoms with van der Waals surface area (Å²) >= 11 is 0. The fraction of sp³-hybridized carbons (Fsp3) is 0.391. The number of para-hydroxylation sites is 1. The van der Waals surface area contributed by atoms with Crippen LogP contribution in [0.1, 0.15) is 25.6 Å². The van der Waals surface area contributed by atoms with Gasteiger partial charge in [0.2, 0.25) is 0 Å². The molecule has 28 heavy (non-hydrogen) atoms. The lowest BCUT2D eigenvalue weighted by molar-refractivity contribution is 0.313. The molecule has 0 radical (unpaired) electrons. The van der Waals surface area contributed by atoms with Crippen LogP contribution >= 0.6 is 0 Å². The monoisotopic (exact) mass is 376 g/mol. The second-order valence-corrected chi connectivity index (χ2v) is 7.60. The molecule has 0 atom stereocenters. The number of piperazine rings is 1. The number of nitrogens with zero attached hydrogens (tertiary/aromatic N) is 4. The molecule has 1 fully saturated rings. The largest absolute Gasteiger partial charge is 0.369 e. The lowest BCUT2D eigenvalue weighted by atomic mass is 10.2. The van der Waals surface area contributed by atoms with E-state index in [4.69, 9.17) is 4.98 Å². The maximum Gasteiger partial charge on any atom is 0.265 e. The topological polar surface area (TPSA) is 41.4 Å². The molecule has 2 heterocycles. The molecule has 1 saturated heterocycles. The Morgan fingerprint density at radius 3 is 2.32 bits per heavy atom. The quantitative estimate of drug-likeness (QED) is 0.684. The number of aromatic nitrogens is 2. The molecule has 2 aromatic carbocycles. The van der Waals surface area contributed by atoms with E-state index in [9.17, 15) is 4.79 Å². The van der Waals surface area contributed by atoms with E-state index < -0.39 is 0 Å². The minimum absolute atomic E-state index is 0.0176. The standard InChI is InChI=1S/C23H28N4O/c1-3-4-9-22-24-21-8-6-5-7-20(21)23(28)27(22)19-12-10-18(11-13-19)26-16-14-25(2)15-17-26/h5-8,10-13H,3-4,9,14-17H2,1-2H3. The van der Waals surface area contributed by atoms with E-state index in [2.05, 4.69) is 48.0 Å². The van der Waals surface area contributed by atoms with Crippen LogP contribution in [-0.2, 0) is 6.42 Å². The van der Waals surface area contributed by atoms with Crippen molar-refractivity contribution >= 4 is 16.6 Å². The van der Waals surface area contributed by atoms with Gasteiger partial charge in [0.25, 0.3) is 5.56 Å². The number of rotatable bonds is 5. The zero-order chi connectivity index (χ0) is 19.5. The third-order valence-electron chi connectivity index (χ3n) is 5.58. The number of likely N-dealkylation sites (N-methyl/N-ethyl adjacent to an activating group) is 1. The van der Waals surface area contributed by atoms with E-state index >= 15 is 0 Å². The van der Waals surface area contributed by atoms with Gasteiger partial charge in [-0.05, 0) is 49.9 Å². The van der Waals surface area contributed by atoms with Gasteiger partial charge in [0, 0.05) is 38.3 Å². The highest BCUT2D eigenvalue weighted by atomic mass is 16.1. The summed E-state index contributed by atoms with van der Waals surface area (Å²) in [6.07, 6.45) is 2.89. The second kappa shape index (κ2) is 8.15. The van der Waals surface area contributed by atoms with Crippen LogP contribution in [-0.4, -0.2) is 47.7 Å². The van der Waals surface area contributed by atoms with Crippen molar-refractivity contribution in [3.8, 4) is 5.69 Å². The first-order valence-corrected chi connectivity index (χ1v) is 10.2. The number of anilines is 1. The predicted molar refractivity (Wildman–Crippen MR) is 116 cm³/mol. The molecule has 5 nitrogen and oxygen atoms in total. The Bertz CT molecular complexity index is 1000. The highest BCUT2D eigenvalue weighted by Crippen LogP contribution is 2.20. The third kappa shape index (κ3) is 3.67. The van der Waals surface area contributed by atoms with E-state index in [0.29, 0.717) is 5.39 Å². The van der Waals surface area contributed by atoms with Crippen molar-refractivity contribution in [2.24, 2.45) is 0 Å². The van der Waals surface area contributed by atoms with E-state index in [-0.39, 0.29) is 5.56 Å². The van der Waals surface area contributed by atoms with Crippen LogP contribution in [0.25, 0.3) is 16.6 Å². The van der Waals surface area contributed by atoms with E-state index in [1.54, 1.807) is 4.57 Å².